The van der Waals surface area contributed by atoms with Crippen LogP contribution in [0.3, 0.4) is 0 Å². The smallest absolute Gasteiger partial charge is 0.228 e. The predicted molar refractivity (Wildman–Crippen MR) is 120 cm³/mol. The summed E-state index contributed by atoms with van der Waals surface area (Å²) in [5.41, 5.74) is 4.91. The van der Waals surface area contributed by atoms with Crippen molar-refractivity contribution >= 4 is 12.0 Å². The van der Waals surface area contributed by atoms with Gasteiger partial charge in [-0.05, 0) is 60.2 Å². The molecule has 2 aliphatic rings. The van der Waals surface area contributed by atoms with Gasteiger partial charge in [-0.1, -0.05) is 32.9 Å². The lowest BCUT2D eigenvalue weighted by Crippen LogP contribution is -2.44. The molecule has 6 heteroatoms. The standard InChI is InChI=1S/C24H33N5O/c1-24(2,3)16-29-9-7-17(8-10-29)23(30)27-22-12-20-11-18(5-6-19(20)13-25-22)21-14-26-28(4)15-21/h5-6,11-12,14-15,17,25H,7-10,13,16H2,1-4H3,(H,27,30). The summed E-state index contributed by atoms with van der Waals surface area (Å²) < 4.78 is 1.81. The third-order valence-corrected chi connectivity index (χ3v) is 5.87. The summed E-state index contributed by atoms with van der Waals surface area (Å²) in [6.45, 7) is 10.6. The SMILES string of the molecule is Cn1cc(-c2ccc3c(c2)C=C(NC(=O)C2CCN(CC(C)(C)C)CC2)NC3)cn1. The molecule has 2 aromatic rings. The number of benzene rings is 1. The second-order valence-electron chi connectivity index (χ2n) is 9.83. The van der Waals surface area contributed by atoms with Crippen LogP contribution in [0.25, 0.3) is 17.2 Å². The lowest BCUT2D eigenvalue weighted by Gasteiger charge is -2.35. The number of nitrogens with zero attached hydrogens (tertiary/aromatic N) is 3. The van der Waals surface area contributed by atoms with Crippen molar-refractivity contribution < 1.29 is 4.79 Å². The number of piperidine rings is 1. The largest absolute Gasteiger partial charge is 0.367 e. The van der Waals surface area contributed by atoms with Gasteiger partial charge in [-0.25, -0.2) is 0 Å². The van der Waals surface area contributed by atoms with Gasteiger partial charge in [0, 0.05) is 37.8 Å². The van der Waals surface area contributed by atoms with Gasteiger partial charge in [-0.3, -0.25) is 9.48 Å². The molecule has 0 radical (unpaired) electrons. The summed E-state index contributed by atoms with van der Waals surface area (Å²) >= 11 is 0. The lowest BCUT2D eigenvalue weighted by molar-refractivity contribution is -0.125. The van der Waals surface area contributed by atoms with Crippen LogP contribution < -0.4 is 10.6 Å². The molecule has 3 heterocycles. The van der Waals surface area contributed by atoms with Gasteiger partial charge in [-0.15, -0.1) is 0 Å². The average Bonchev–Trinajstić information content (AvgIpc) is 3.13. The topological polar surface area (TPSA) is 62.2 Å². The third kappa shape index (κ3) is 4.93. The van der Waals surface area contributed by atoms with Gasteiger partial charge in [0.25, 0.3) is 0 Å². The molecule has 0 aliphatic carbocycles. The second-order valence-corrected chi connectivity index (χ2v) is 9.83. The molecule has 1 saturated heterocycles. The quantitative estimate of drug-likeness (QED) is 0.816. The van der Waals surface area contributed by atoms with E-state index in [1.807, 2.05) is 30.2 Å². The van der Waals surface area contributed by atoms with E-state index < -0.39 is 0 Å². The number of fused-ring (bicyclic) bond motifs is 1. The highest BCUT2D eigenvalue weighted by Gasteiger charge is 2.27. The van der Waals surface area contributed by atoms with Crippen LogP contribution in [0.4, 0.5) is 0 Å². The number of carbonyl (C=O) groups is 1. The van der Waals surface area contributed by atoms with E-state index in [2.05, 4.69) is 59.6 Å². The minimum atomic E-state index is 0.0899. The minimum absolute atomic E-state index is 0.0899. The van der Waals surface area contributed by atoms with Crippen molar-refractivity contribution in [1.29, 1.82) is 0 Å². The number of aryl methyl sites for hydroxylation is 1. The van der Waals surface area contributed by atoms with Crippen LogP contribution >= 0.6 is 0 Å². The van der Waals surface area contributed by atoms with Gasteiger partial charge in [0.1, 0.15) is 5.82 Å². The molecule has 0 saturated carbocycles. The maximum Gasteiger partial charge on any atom is 0.228 e. The molecule has 1 fully saturated rings. The van der Waals surface area contributed by atoms with E-state index in [0.29, 0.717) is 5.41 Å². The zero-order chi connectivity index (χ0) is 21.3. The highest BCUT2D eigenvalue weighted by Crippen LogP contribution is 2.26. The maximum absolute atomic E-state index is 12.8. The number of nitrogens with one attached hydrogen (secondary N) is 2. The Morgan fingerprint density at radius 1 is 1.23 bits per heavy atom. The van der Waals surface area contributed by atoms with Gasteiger partial charge >= 0.3 is 0 Å². The Kier molecular flexibility index (Phi) is 5.69. The Morgan fingerprint density at radius 3 is 2.67 bits per heavy atom. The summed E-state index contributed by atoms with van der Waals surface area (Å²) in [6.07, 6.45) is 7.79. The second kappa shape index (κ2) is 8.26. The Hall–Kier alpha value is -2.60. The number of hydrogen-bond donors (Lipinski definition) is 2. The molecule has 0 spiro atoms. The average molecular weight is 408 g/mol. The first-order valence-corrected chi connectivity index (χ1v) is 10.9. The number of hydrogen-bond acceptors (Lipinski definition) is 4. The maximum atomic E-state index is 12.8. The van der Waals surface area contributed by atoms with Gasteiger partial charge in [-0.2, -0.15) is 5.10 Å². The van der Waals surface area contributed by atoms with E-state index in [1.54, 1.807) is 0 Å². The van der Waals surface area contributed by atoms with Crippen molar-refractivity contribution in [2.45, 2.75) is 40.2 Å². The summed E-state index contributed by atoms with van der Waals surface area (Å²) in [6, 6.07) is 6.44. The van der Waals surface area contributed by atoms with Crippen molar-refractivity contribution in [3.05, 3.63) is 47.5 Å². The first kappa shape index (κ1) is 20.7. The molecule has 1 aromatic carbocycles. The van der Waals surface area contributed by atoms with Crippen LogP contribution in [0.1, 0.15) is 44.7 Å². The molecular weight excluding hydrogens is 374 g/mol. The van der Waals surface area contributed by atoms with Crippen molar-refractivity contribution in [3.8, 4) is 11.1 Å². The normalized spacial score (nSPS) is 17.8. The predicted octanol–water partition coefficient (Wildman–Crippen LogP) is 3.36. The number of likely N-dealkylation sites (tertiary alicyclic amines) is 1. The van der Waals surface area contributed by atoms with Crippen LogP contribution in [0, 0.1) is 11.3 Å². The van der Waals surface area contributed by atoms with Crippen LogP contribution in [0.5, 0.6) is 0 Å². The fourth-order valence-corrected chi connectivity index (χ4v) is 4.38. The number of carbonyl (C=O) groups excluding carboxylic acids is 1. The van der Waals surface area contributed by atoms with E-state index in [0.717, 1.165) is 61.5 Å². The van der Waals surface area contributed by atoms with Gasteiger partial charge in [0.2, 0.25) is 5.91 Å². The molecule has 4 rings (SSSR count). The van der Waals surface area contributed by atoms with E-state index in [9.17, 15) is 4.79 Å². The lowest BCUT2D eigenvalue weighted by atomic mass is 9.91. The highest BCUT2D eigenvalue weighted by molar-refractivity contribution is 5.82. The summed E-state index contributed by atoms with van der Waals surface area (Å²) in [5.74, 6) is 1.02. The van der Waals surface area contributed by atoms with Crippen molar-refractivity contribution in [2.24, 2.45) is 18.4 Å². The van der Waals surface area contributed by atoms with Crippen molar-refractivity contribution in [2.75, 3.05) is 19.6 Å². The van der Waals surface area contributed by atoms with Crippen LogP contribution in [-0.4, -0.2) is 40.2 Å². The van der Waals surface area contributed by atoms with Crippen LogP contribution in [-0.2, 0) is 18.4 Å². The highest BCUT2D eigenvalue weighted by atomic mass is 16.2. The fourth-order valence-electron chi connectivity index (χ4n) is 4.38. The Bertz CT molecular complexity index is 945. The van der Waals surface area contributed by atoms with Gasteiger partial charge in [0.05, 0.1) is 6.20 Å². The molecule has 30 heavy (non-hydrogen) atoms. The molecule has 1 amide bonds. The van der Waals surface area contributed by atoms with E-state index in [-0.39, 0.29) is 11.8 Å². The van der Waals surface area contributed by atoms with Crippen molar-refractivity contribution in [1.82, 2.24) is 25.3 Å². The summed E-state index contributed by atoms with van der Waals surface area (Å²) in [5, 5.41) is 10.7. The van der Waals surface area contributed by atoms with E-state index in [1.165, 1.54) is 5.56 Å². The van der Waals surface area contributed by atoms with Crippen molar-refractivity contribution in [3.63, 3.8) is 0 Å². The zero-order valence-electron chi connectivity index (χ0n) is 18.5. The molecule has 2 aliphatic heterocycles. The van der Waals surface area contributed by atoms with Crippen LogP contribution in [0.2, 0.25) is 0 Å². The molecule has 1 aromatic heterocycles. The van der Waals surface area contributed by atoms with E-state index >= 15 is 0 Å². The Labute approximate surface area is 179 Å². The molecule has 6 nitrogen and oxygen atoms in total. The zero-order valence-corrected chi connectivity index (χ0v) is 18.5. The first-order chi connectivity index (χ1) is 14.3. The first-order valence-electron chi connectivity index (χ1n) is 10.9. The molecule has 160 valence electrons. The molecular formula is C24H33N5O. The minimum Gasteiger partial charge on any atom is -0.367 e. The Morgan fingerprint density at radius 2 is 2.00 bits per heavy atom. The Balaban J connectivity index is 1.39. The summed E-state index contributed by atoms with van der Waals surface area (Å²) in [7, 11) is 1.92. The van der Waals surface area contributed by atoms with E-state index in [4.69, 9.17) is 0 Å². The monoisotopic (exact) mass is 407 g/mol. The number of rotatable bonds is 4. The molecule has 0 atom stereocenters. The summed E-state index contributed by atoms with van der Waals surface area (Å²) in [4.78, 5) is 15.3. The number of amides is 1. The molecule has 2 N–H and O–H groups in total. The fraction of sp³-hybridized carbons (Fsp3) is 0.500. The third-order valence-electron chi connectivity index (χ3n) is 5.87. The number of aromatic nitrogens is 2. The molecule has 0 bridgehead atoms. The van der Waals surface area contributed by atoms with Crippen LogP contribution in [0.15, 0.2) is 36.4 Å². The van der Waals surface area contributed by atoms with Gasteiger partial charge < -0.3 is 15.5 Å². The molecule has 0 unspecified atom stereocenters. The van der Waals surface area contributed by atoms with Gasteiger partial charge in [0.15, 0.2) is 0 Å².